The van der Waals surface area contributed by atoms with Crippen molar-refractivity contribution in [2.24, 2.45) is 0 Å². The molecular weight excluding hydrogens is 346 g/mol. The summed E-state index contributed by atoms with van der Waals surface area (Å²) < 4.78 is 12.4. The van der Waals surface area contributed by atoms with Crippen LogP contribution in [0.4, 0.5) is 0 Å². The summed E-state index contributed by atoms with van der Waals surface area (Å²) in [4.78, 5) is 17.7. The van der Waals surface area contributed by atoms with Gasteiger partial charge in [-0.05, 0) is 31.2 Å². The van der Waals surface area contributed by atoms with Gasteiger partial charge < -0.3 is 9.47 Å². The van der Waals surface area contributed by atoms with Gasteiger partial charge in [0.2, 0.25) is 0 Å². The van der Waals surface area contributed by atoms with E-state index in [9.17, 15) is 4.79 Å². The molecule has 0 aliphatic heterocycles. The summed E-state index contributed by atoms with van der Waals surface area (Å²) in [6.45, 7) is 2.15. The molecule has 0 bridgehead atoms. The highest BCUT2D eigenvalue weighted by atomic mass is 16.6. The molecule has 140 valence electrons. The molecule has 2 aromatic carbocycles. The van der Waals surface area contributed by atoms with Crippen molar-refractivity contribution >= 4 is 5.91 Å². The second-order valence-corrected chi connectivity index (χ2v) is 5.60. The van der Waals surface area contributed by atoms with Gasteiger partial charge in [-0.25, -0.2) is 10.2 Å². The molecule has 0 saturated heterocycles. The zero-order chi connectivity index (χ0) is 19.2. The van der Waals surface area contributed by atoms with Gasteiger partial charge in [0.05, 0.1) is 32.1 Å². The number of hydrogen-bond acceptors (Lipinski definition) is 5. The molecule has 0 unspecified atom stereocenters. The molecule has 0 fully saturated rings. The number of carbonyl (C=O) groups is 1. The zero-order valence-corrected chi connectivity index (χ0v) is 15.4. The van der Waals surface area contributed by atoms with Crippen LogP contribution < -0.4 is 15.0 Å². The van der Waals surface area contributed by atoms with Crippen LogP contribution in [0.3, 0.4) is 0 Å². The highest BCUT2D eigenvalue weighted by Crippen LogP contribution is 2.34. The maximum Gasteiger partial charge on any atom is 0.278 e. The van der Waals surface area contributed by atoms with Crippen molar-refractivity contribution in [1.29, 1.82) is 0 Å². The first-order valence-electron chi connectivity index (χ1n) is 8.47. The van der Waals surface area contributed by atoms with Gasteiger partial charge in [-0.1, -0.05) is 18.2 Å². The largest absolute Gasteiger partial charge is 0.497 e. The molecule has 3 rings (SSSR count). The van der Waals surface area contributed by atoms with E-state index < -0.39 is 0 Å². The van der Waals surface area contributed by atoms with E-state index in [4.69, 9.17) is 14.3 Å². The molecule has 7 heteroatoms. The number of ether oxygens (including phenoxy) is 2. The minimum Gasteiger partial charge on any atom is -0.497 e. The molecule has 7 nitrogen and oxygen atoms in total. The summed E-state index contributed by atoms with van der Waals surface area (Å²) in [6.07, 6.45) is 1.67. The number of methoxy groups -OCH3 is 2. The normalized spacial score (nSPS) is 10.5. The molecule has 0 spiro atoms. The monoisotopic (exact) mass is 367 g/mol. The van der Waals surface area contributed by atoms with Crippen molar-refractivity contribution in [3.05, 3.63) is 60.3 Å². The third-order valence-electron chi connectivity index (χ3n) is 3.95. The second kappa shape index (κ2) is 8.37. The fourth-order valence-corrected chi connectivity index (χ4v) is 2.64. The molecule has 1 amide bonds. The van der Waals surface area contributed by atoms with Gasteiger partial charge in [-0.2, -0.15) is 5.10 Å². The summed E-state index contributed by atoms with van der Waals surface area (Å²) >= 11 is 0. The Labute approximate surface area is 157 Å². The van der Waals surface area contributed by atoms with Gasteiger partial charge in [0, 0.05) is 17.8 Å². The number of para-hydroxylation sites is 1. The average Bonchev–Trinajstić information content (AvgIpc) is 3.17. The predicted molar refractivity (Wildman–Crippen MR) is 101 cm³/mol. The van der Waals surface area contributed by atoms with Gasteiger partial charge in [0.15, 0.2) is 0 Å². The number of amides is 1. The number of rotatable bonds is 7. The van der Waals surface area contributed by atoms with Crippen molar-refractivity contribution in [3.8, 4) is 28.4 Å². The topological polar surface area (TPSA) is 74.6 Å². The minimum absolute atomic E-state index is 0.361. The molecule has 0 atom stereocenters. The van der Waals surface area contributed by atoms with Gasteiger partial charge >= 0.3 is 0 Å². The number of hydrogen-bond donors (Lipinski definition) is 1. The zero-order valence-electron chi connectivity index (χ0n) is 15.4. The SMILES string of the molecule is CCONC(=O)c1cn(-c2ccccc2)nc1-c1ccc(OC)cc1OC. The van der Waals surface area contributed by atoms with Gasteiger partial charge in [-0.15, -0.1) is 0 Å². The van der Waals surface area contributed by atoms with E-state index in [0.717, 1.165) is 5.69 Å². The fourth-order valence-electron chi connectivity index (χ4n) is 2.64. The van der Waals surface area contributed by atoms with Gasteiger partial charge in [0.25, 0.3) is 5.91 Å². The van der Waals surface area contributed by atoms with Crippen LogP contribution in [0.15, 0.2) is 54.7 Å². The number of carbonyl (C=O) groups excluding carboxylic acids is 1. The van der Waals surface area contributed by atoms with Crippen molar-refractivity contribution in [3.63, 3.8) is 0 Å². The van der Waals surface area contributed by atoms with E-state index in [1.165, 1.54) is 0 Å². The lowest BCUT2D eigenvalue weighted by Gasteiger charge is -2.10. The van der Waals surface area contributed by atoms with E-state index in [2.05, 4.69) is 10.6 Å². The number of nitrogens with zero attached hydrogens (tertiary/aromatic N) is 2. The van der Waals surface area contributed by atoms with E-state index in [0.29, 0.717) is 34.9 Å². The summed E-state index contributed by atoms with van der Waals surface area (Å²) in [5, 5.41) is 4.62. The average molecular weight is 367 g/mol. The first kappa shape index (κ1) is 18.5. The maximum atomic E-state index is 12.6. The van der Waals surface area contributed by atoms with E-state index in [1.54, 1.807) is 44.2 Å². The van der Waals surface area contributed by atoms with Crippen LogP contribution in [0.1, 0.15) is 17.3 Å². The Bertz CT molecular complexity index is 922. The van der Waals surface area contributed by atoms with Crippen LogP contribution in [-0.2, 0) is 4.84 Å². The Morgan fingerprint density at radius 1 is 1.11 bits per heavy atom. The summed E-state index contributed by atoms with van der Waals surface area (Å²) in [5.41, 5.74) is 4.79. The highest BCUT2D eigenvalue weighted by Gasteiger charge is 2.21. The van der Waals surface area contributed by atoms with Crippen molar-refractivity contribution < 1.29 is 19.1 Å². The lowest BCUT2D eigenvalue weighted by molar-refractivity contribution is 0.0365. The van der Waals surface area contributed by atoms with Crippen molar-refractivity contribution in [2.75, 3.05) is 20.8 Å². The Hall–Kier alpha value is -3.32. The van der Waals surface area contributed by atoms with Gasteiger partial charge in [0.1, 0.15) is 17.2 Å². The third kappa shape index (κ3) is 3.93. The standard InChI is InChI=1S/C20H21N3O4/c1-4-27-22-20(24)17-13-23(14-8-6-5-7-9-14)21-19(17)16-11-10-15(25-2)12-18(16)26-3/h5-13H,4H2,1-3H3,(H,22,24). The molecule has 3 aromatic rings. The van der Waals surface area contributed by atoms with Crippen LogP contribution in [-0.4, -0.2) is 36.5 Å². The molecule has 0 aliphatic rings. The van der Waals surface area contributed by atoms with Crippen LogP contribution in [0.5, 0.6) is 11.5 Å². The van der Waals surface area contributed by atoms with Crippen LogP contribution >= 0.6 is 0 Å². The smallest absolute Gasteiger partial charge is 0.278 e. The lowest BCUT2D eigenvalue weighted by Crippen LogP contribution is -2.23. The number of nitrogens with one attached hydrogen (secondary N) is 1. The molecular formula is C20H21N3O4. The fraction of sp³-hybridized carbons (Fsp3) is 0.200. The molecule has 0 saturated carbocycles. The van der Waals surface area contributed by atoms with E-state index in [1.807, 2.05) is 36.4 Å². The third-order valence-corrected chi connectivity index (χ3v) is 3.95. The molecule has 0 radical (unpaired) electrons. The van der Waals surface area contributed by atoms with Crippen molar-refractivity contribution in [2.45, 2.75) is 6.92 Å². The van der Waals surface area contributed by atoms with Crippen LogP contribution in [0, 0.1) is 0 Å². The summed E-state index contributed by atoms with van der Waals surface area (Å²) in [5.74, 6) is 0.823. The quantitative estimate of drug-likeness (QED) is 0.649. The first-order valence-corrected chi connectivity index (χ1v) is 8.47. The number of hydroxylamine groups is 1. The Kier molecular flexibility index (Phi) is 5.73. The lowest BCUT2D eigenvalue weighted by atomic mass is 10.1. The molecule has 1 heterocycles. The Morgan fingerprint density at radius 2 is 1.89 bits per heavy atom. The van der Waals surface area contributed by atoms with Crippen LogP contribution in [0.2, 0.25) is 0 Å². The van der Waals surface area contributed by atoms with Crippen molar-refractivity contribution in [1.82, 2.24) is 15.3 Å². The highest BCUT2D eigenvalue weighted by molar-refractivity contribution is 6.00. The van der Waals surface area contributed by atoms with E-state index >= 15 is 0 Å². The first-order chi connectivity index (χ1) is 13.2. The molecule has 1 N–H and O–H groups in total. The molecule has 0 aliphatic carbocycles. The second-order valence-electron chi connectivity index (χ2n) is 5.60. The predicted octanol–water partition coefficient (Wildman–Crippen LogP) is 3.24. The maximum absolute atomic E-state index is 12.6. The summed E-state index contributed by atoms with van der Waals surface area (Å²) in [7, 11) is 3.14. The molecule has 1 aromatic heterocycles. The Morgan fingerprint density at radius 3 is 2.56 bits per heavy atom. The van der Waals surface area contributed by atoms with Gasteiger partial charge in [-0.3, -0.25) is 9.63 Å². The minimum atomic E-state index is -0.382. The Balaban J connectivity index is 2.13. The molecule has 27 heavy (non-hydrogen) atoms. The number of aromatic nitrogens is 2. The van der Waals surface area contributed by atoms with E-state index in [-0.39, 0.29) is 5.91 Å². The van der Waals surface area contributed by atoms with Crippen LogP contribution in [0.25, 0.3) is 16.9 Å². The summed E-state index contributed by atoms with van der Waals surface area (Å²) in [6, 6.07) is 14.9. The number of benzene rings is 2.